The summed E-state index contributed by atoms with van der Waals surface area (Å²) in [4.78, 5) is 4.29. The number of hydrogen-bond acceptors (Lipinski definition) is 2. The lowest BCUT2D eigenvalue weighted by molar-refractivity contribution is -0.191. The molecule has 1 saturated heterocycles. The lowest BCUT2D eigenvalue weighted by atomic mass is 9.57. The highest BCUT2D eigenvalue weighted by Crippen LogP contribution is 2.53. The Balaban J connectivity index is 2.12. The highest BCUT2D eigenvalue weighted by Gasteiger charge is 2.57. The first-order valence-electron chi connectivity index (χ1n) is 7.06. The predicted molar refractivity (Wildman–Crippen MR) is 74.3 cm³/mol. The standard InChI is InChI=1S/C16H20FNO/c1-18-12-15(13-5-4-6-14(17)11-13)7-2-3-8-16(15)9-10-19-16/h4-6,11-12H,2-3,7-10H2,1H3/b18-12-/t15-,16?/m0/s1. The molecule has 0 amide bonds. The number of hydrogen-bond donors (Lipinski definition) is 0. The maximum atomic E-state index is 13.6. The van der Waals surface area contributed by atoms with Crippen molar-refractivity contribution in [1.29, 1.82) is 0 Å². The fourth-order valence-electron chi connectivity index (χ4n) is 3.81. The molecule has 1 unspecified atom stereocenters. The highest BCUT2D eigenvalue weighted by atomic mass is 19.1. The van der Waals surface area contributed by atoms with E-state index in [1.807, 2.05) is 12.3 Å². The molecule has 2 aliphatic rings. The van der Waals surface area contributed by atoms with Crippen LogP contribution in [0.25, 0.3) is 0 Å². The monoisotopic (exact) mass is 261 g/mol. The third kappa shape index (κ3) is 1.83. The summed E-state index contributed by atoms with van der Waals surface area (Å²) in [6.45, 7) is 0.814. The molecule has 0 N–H and O–H groups in total. The van der Waals surface area contributed by atoms with Crippen molar-refractivity contribution in [2.75, 3.05) is 13.7 Å². The minimum Gasteiger partial charge on any atom is -0.373 e. The van der Waals surface area contributed by atoms with Crippen molar-refractivity contribution >= 4 is 6.21 Å². The van der Waals surface area contributed by atoms with Crippen molar-refractivity contribution in [1.82, 2.24) is 0 Å². The average molecular weight is 261 g/mol. The molecule has 0 bridgehead atoms. The van der Waals surface area contributed by atoms with Crippen LogP contribution in [0, 0.1) is 5.82 Å². The van der Waals surface area contributed by atoms with Crippen LogP contribution in [0.2, 0.25) is 0 Å². The molecule has 2 nitrogen and oxygen atoms in total. The second kappa shape index (κ2) is 4.71. The van der Waals surface area contributed by atoms with E-state index in [2.05, 4.69) is 4.99 Å². The van der Waals surface area contributed by atoms with Gasteiger partial charge in [0.05, 0.1) is 17.6 Å². The molecule has 0 aromatic heterocycles. The lowest BCUT2D eigenvalue weighted by Crippen LogP contribution is -2.62. The fraction of sp³-hybridized carbons (Fsp3) is 0.562. The van der Waals surface area contributed by atoms with E-state index in [0.29, 0.717) is 0 Å². The molecule has 2 fully saturated rings. The van der Waals surface area contributed by atoms with Gasteiger partial charge in [0.15, 0.2) is 0 Å². The highest BCUT2D eigenvalue weighted by molar-refractivity contribution is 5.76. The number of aliphatic imine (C=N–C) groups is 1. The number of nitrogens with zero attached hydrogens (tertiary/aromatic N) is 1. The summed E-state index contributed by atoms with van der Waals surface area (Å²) in [5.41, 5.74) is 0.608. The van der Waals surface area contributed by atoms with Crippen molar-refractivity contribution in [3.63, 3.8) is 0 Å². The van der Waals surface area contributed by atoms with E-state index in [0.717, 1.165) is 37.9 Å². The van der Waals surface area contributed by atoms with Crippen molar-refractivity contribution in [3.05, 3.63) is 35.6 Å². The third-order valence-electron chi connectivity index (χ3n) is 4.79. The predicted octanol–water partition coefficient (Wildman–Crippen LogP) is 3.50. The van der Waals surface area contributed by atoms with Crippen molar-refractivity contribution in [2.45, 2.75) is 43.1 Å². The van der Waals surface area contributed by atoms with E-state index in [9.17, 15) is 4.39 Å². The van der Waals surface area contributed by atoms with Gasteiger partial charge in [0.25, 0.3) is 0 Å². The van der Waals surface area contributed by atoms with Crippen LogP contribution in [0.4, 0.5) is 4.39 Å². The molecule has 1 saturated carbocycles. The quantitative estimate of drug-likeness (QED) is 0.747. The fourth-order valence-corrected chi connectivity index (χ4v) is 3.81. The van der Waals surface area contributed by atoms with Gasteiger partial charge in [0, 0.05) is 19.7 Å². The van der Waals surface area contributed by atoms with Crippen LogP contribution >= 0.6 is 0 Å². The normalized spacial score (nSPS) is 34.6. The molecule has 3 heteroatoms. The summed E-state index contributed by atoms with van der Waals surface area (Å²) in [6.07, 6.45) is 7.43. The largest absolute Gasteiger partial charge is 0.373 e. The molecule has 1 aliphatic heterocycles. The number of benzene rings is 1. The summed E-state index contributed by atoms with van der Waals surface area (Å²) < 4.78 is 19.6. The van der Waals surface area contributed by atoms with Crippen molar-refractivity contribution < 1.29 is 9.13 Å². The summed E-state index contributed by atoms with van der Waals surface area (Å²) in [7, 11) is 1.79. The number of rotatable bonds is 2. The topological polar surface area (TPSA) is 21.6 Å². The maximum absolute atomic E-state index is 13.6. The van der Waals surface area contributed by atoms with Gasteiger partial charge in [0.2, 0.25) is 0 Å². The maximum Gasteiger partial charge on any atom is 0.123 e. The SMILES string of the molecule is C/N=C\[C@]1(c2cccc(F)c2)CCCCC12CCO2. The van der Waals surface area contributed by atoms with Gasteiger partial charge in [0.1, 0.15) is 5.82 Å². The van der Waals surface area contributed by atoms with E-state index in [1.54, 1.807) is 19.2 Å². The minimum absolute atomic E-state index is 0.154. The average Bonchev–Trinajstić information content (AvgIpc) is 2.37. The lowest BCUT2D eigenvalue weighted by Gasteiger charge is -2.57. The van der Waals surface area contributed by atoms with Crippen LogP contribution in [0.15, 0.2) is 29.3 Å². The second-order valence-electron chi connectivity index (χ2n) is 5.67. The third-order valence-corrected chi connectivity index (χ3v) is 4.79. The Morgan fingerprint density at radius 3 is 2.68 bits per heavy atom. The summed E-state index contributed by atoms with van der Waals surface area (Å²) in [5, 5.41) is 0. The zero-order valence-corrected chi connectivity index (χ0v) is 11.4. The van der Waals surface area contributed by atoms with Crippen LogP contribution in [-0.2, 0) is 10.2 Å². The van der Waals surface area contributed by atoms with Crippen LogP contribution in [0.3, 0.4) is 0 Å². The smallest absolute Gasteiger partial charge is 0.123 e. The second-order valence-corrected chi connectivity index (χ2v) is 5.67. The van der Waals surface area contributed by atoms with Crippen molar-refractivity contribution in [3.8, 4) is 0 Å². The first-order chi connectivity index (χ1) is 9.22. The van der Waals surface area contributed by atoms with Crippen LogP contribution < -0.4 is 0 Å². The number of halogens is 1. The van der Waals surface area contributed by atoms with Gasteiger partial charge in [-0.2, -0.15) is 0 Å². The Morgan fingerprint density at radius 1 is 1.26 bits per heavy atom. The van der Waals surface area contributed by atoms with Gasteiger partial charge in [-0.3, -0.25) is 4.99 Å². The molecule has 19 heavy (non-hydrogen) atoms. The van der Waals surface area contributed by atoms with Gasteiger partial charge in [-0.25, -0.2) is 4.39 Å². The van der Waals surface area contributed by atoms with Gasteiger partial charge in [-0.05, 0) is 30.5 Å². The zero-order valence-electron chi connectivity index (χ0n) is 11.4. The van der Waals surface area contributed by atoms with E-state index >= 15 is 0 Å². The number of ether oxygens (including phenoxy) is 1. The van der Waals surface area contributed by atoms with E-state index in [-0.39, 0.29) is 16.8 Å². The summed E-state index contributed by atoms with van der Waals surface area (Å²) in [6, 6.07) is 6.95. The Morgan fingerprint density at radius 2 is 2.05 bits per heavy atom. The van der Waals surface area contributed by atoms with Gasteiger partial charge < -0.3 is 4.74 Å². The molecule has 102 valence electrons. The molecule has 1 aromatic rings. The first kappa shape index (κ1) is 12.8. The van der Waals surface area contributed by atoms with Gasteiger partial charge >= 0.3 is 0 Å². The van der Waals surface area contributed by atoms with Crippen LogP contribution in [-0.4, -0.2) is 25.5 Å². The molecule has 1 heterocycles. The van der Waals surface area contributed by atoms with E-state index in [1.165, 1.54) is 12.5 Å². The molecule has 1 aromatic carbocycles. The molecular weight excluding hydrogens is 241 g/mol. The molecule has 2 atom stereocenters. The summed E-state index contributed by atoms with van der Waals surface area (Å²) >= 11 is 0. The molecule has 3 rings (SSSR count). The van der Waals surface area contributed by atoms with Gasteiger partial charge in [-0.15, -0.1) is 0 Å². The van der Waals surface area contributed by atoms with E-state index in [4.69, 9.17) is 4.74 Å². The molecule has 0 radical (unpaired) electrons. The zero-order chi connectivity index (χ0) is 13.3. The molecule has 1 aliphatic carbocycles. The van der Waals surface area contributed by atoms with Gasteiger partial charge in [-0.1, -0.05) is 25.0 Å². The Kier molecular flexibility index (Phi) is 3.17. The molecular formula is C16H20FNO. The Bertz CT molecular complexity index is 495. The Hall–Kier alpha value is -1.22. The first-order valence-corrected chi connectivity index (χ1v) is 7.06. The van der Waals surface area contributed by atoms with Crippen LogP contribution in [0.1, 0.15) is 37.7 Å². The Labute approximate surface area is 113 Å². The molecule has 1 spiro atoms. The minimum atomic E-state index is -0.250. The van der Waals surface area contributed by atoms with E-state index < -0.39 is 0 Å². The van der Waals surface area contributed by atoms with Crippen molar-refractivity contribution in [2.24, 2.45) is 4.99 Å². The van der Waals surface area contributed by atoms with Crippen LogP contribution in [0.5, 0.6) is 0 Å². The summed E-state index contributed by atoms with van der Waals surface area (Å²) in [5.74, 6) is -0.179.